The molecule has 25 heavy (non-hydrogen) atoms. The van der Waals surface area contributed by atoms with Gasteiger partial charge in [0.1, 0.15) is 12.9 Å². The molecule has 0 radical (unpaired) electrons. The van der Waals surface area contributed by atoms with Gasteiger partial charge in [-0.25, -0.2) is 9.07 Å². The van der Waals surface area contributed by atoms with Crippen molar-refractivity contribution in [2.75, 3.05) is 19.7 Å². The quantitative estimate of drug-likeness (QED) is 0.621. The first-order valence-corrected chi connectivity index (χ1v) is 12.9. The first-order valence-electron chi connectivity index (χ1n) is 9.24. The van der Waals surface area contributed by atoms with Crippen molar-refractivity contribution < 1.29 is 9.13 Å². The molecule has 1 aromatic heterocycles. The van der Waals surface area contributed by atoms with E-state index in [1.54, 1.807) is 0 Å². The smallest absolute Gasteiger partial charge is 0.139 e. The number of hydrogen-bond acceptors (Lipinski definition) is 3. The summed E-state index contributed by atoms with van der Waals surface area (Å²) in [4.78, 5) is 0. The third-order valence-corrected chi connectivity index (χ3v) is 6.75. The predicted molar refractivity (Wildman–Crippen MR) is 104 cm³/mol. The molecule has 6 heteroatoms. The van der Waals surface area contributed by atoms with Gasteiger partial charge in [0.05, 0.1) is 11.7 Å². The van der Waals surface area contributed by atoms with Gasteiger partial charge in [-0.2, -0.15) is 5.10 Å². The van der Waals surface area contributed by atoms with Crippen molar-refractivity contribution in [1.29, 1.82) is 0 Å². The van der Waals surface area contributed by atoms with Crippen molar-refractivity contribution in [3.63, 3.8) is 0 Å². The Morgan fingerprint density at radius 2 is 2.16 bits per heavy atom. The maximum atomic E-state index is 14.4. The number of nitrogens with zero attached hydrogens (tertiary/aromatic N) is 2. The minimum Gasteiger partial charge on any atom is -0.360 e. The molecule has 3 rings (SSSR count). The number of fused-ring (bicyclic) bond motifs is 1. The summed E-state index contributed by atoms with van der Waals surface area (Å²) < 4.78 is 22.1. The molecule has 0 saturated carbocycles. The topological polar surface area (TPSA) is 39.1 Å². The van der Waals surface area contributed by atoms with E-state index in [9.17, 15) is 4.39 Å². The SMILES string of the molecule is Cc1cc2cnn(COCC[Si](C)(C)C)c2cc1C1CCNCC1F. The lowest BCUT2D eigenvalue weighted by atomic mass is 9.85. The van der Waals surface area contributed by atoms with Crippen LogP contribution in [0, 0.1) is 6.92 Å². The van der Waals surface area contributed by atoms with Crippen molar-refractivity contribution in [3.05, 3.63) is 29.5 Å². The Bertz CT molecular complexity index is 725. The maximum absolute atomic E-state index is 14.4. The molecule has 0 spiro atoms. The molecule has 1 fully saturated rings. The Kier molecular flexibility index (Phi) is 5.61. The molecule has 1 aliphatic heterocycles. The second-order valence-corrected chi connectivity index (χ2v) is 14.0. The number of hydrogen-bond donors (Lipinski definition) is 1. The van der Waals surface area contributed by atoms with Crippen molar-refractivity contribution in [1.82, 2.24) is 15.1 Å². The zero-order chi connectivity index (χ0) is 18.0. The summed E-state index contributed by atoms with van der Waals surface area (Å²) in [7, 11) is -1.08. The summed E-state index contributed by atoms with van der Waals surface area (Å²) >= 11 is 0. The number of aryl methyl sites for hydroxylation is 1. The van der Waals surface area contributed by atoms with E-state index < -0.39 is 14.2 Å². The van der Waals surface area contributed by atoms with Crippen LogP contribution in [-0.2, 0) is 11.5 Å². The fourth-order valence-electron chi connectivity index (χ4n) is 3.46. The number of rotatable bonds is 6. The van der Waals surface area contributed by atoms with Gasteiger partial charge in [0.15, 0.2) is 0 Å². The van der Waals surface area contributed by atoms with E-state index in [2.05, 4.69) is 49.1 Å². The second kappa shape index (κ2) is 7.56. The molecule has 0 aliphatic carbocycles. The molecule has 4 nitrogen and oxygen atoms in total. The molecule has 1 saturated heterocycles. The highest BCUT2D eigenvalue weighted by Gasteiger charge is 2.27. The van der Waals surface area contributed by atoms with Gasteiger partial charge in [0.2, 0.25) is 0 Å². The number of nitrogens with one attached hydrogen (secondary N) is 1. The standard InChI is InChI=1S/C19H30FN3OSi/c1-14-9-15-11-22-23(13-24-7-8-25(2,3)4)19(15)10-17(14)16-5-6-21-12-18(16)20/h9-11,16,18,21H,5-8,12-13H2,1-4H3. The van der Waals surface area contributed by atoms with Gasteiger partial charge >= 0.3 is 0 Å². The summed E-state index contributed by atoms with van der Waals surface area (Å²) in [6.45, 7) is 11.7. The summed E-state index contributed by atoms with van der Waals surface area (Å²) in [5.74, 6) is -0.0261. The molecule has 1 aromatic carbocycles. The van der Waals surface area contributed by atoms with Crippen molar-refractivity contribution in [3.8, 4) is 0 Å². The molecule has 0 bridgehead atoms. The van der Waals surface area contributed by atoms with E-state index in [4.69, 9.17) is 4.74 Å². The zero-order valence-electron chi connectivity index (χ0n) is 15.8. The van der Waals surface area contributed by atoms with Gasteiger partial charge in [-0.05, 0) is 49.2 Å². The van der Waals surface area contributed by atoms with Crippen LogP contribution in [0.5, 0.6) is 0 Å². The Morgan fingerprint density at radius 3 is 2.88 bits per heavy atom. The highest BCUT2D eigenvalue weighted by atomic mass is 28.3. The Morgan fingerprint density at radius 1 is 1.36 bits per heavy atom. The summed E-state index contributed by atoms with van der Waals surface area (Å²) in [5.41, 5.74) is 3.31. The Balaban J connectivity index is 1.78. The van der Waals surface area contributed by atoms with Gasteiger partial charge in [0.25, 0.3) is 0 Å². The normalized spacial score (nSPS) is 21.8. The molecule has 138 valence electrons. The van der Waals surface area contributed by atoms with E-state index in [0.717, 1.165) is 47.6 Å². The second-order valence-electron chi connectivity index (χ2n) is 8.38. The number of benzene rings is 1. The average Bonchev–Trinajstić information content (AvgIpc) is 2.92. The number of ether oxygens (including phenoxy) is 1. The van der Waals surface area contributed by atoms with Gasteiger partial charge in [-0.1, -0.05) is 19.6 Å². The Hall–Kier alpha value is -1.24. The largest absolute Gasteiger partial charge is 0.360 e. The Labute approximate surface area is 150 Å². The fourth-order valence-corrected chi connectivity index (χ4v) is 4.22. The number of halogens is 1. The van der Waals surface area contributed by atoms with Crippen LogP contribution in [0.3, 0.4) is 0 Å². The van der Waals surface area contributed by atoms with Gasteiger partial charge in [-0.3, -0.25) is 0 Å². The monoisotopic (exact) mass is 363 g/mol. The van der Waals surface area contributed by atoms with Gasteiger partial charge < -0.3 is 10.1 Å². The summed E-state index contributed by atoms with van der Waals surface area (Å²) in [6, 6.07) is 5.41. The molecule has 2 unspecified atom stereocenters. The molecular weight excluding hydrogens is 333 g/mol. The van der Waals surface area contributed by atoms with Crippen LogP contribution >= 0.6 is 0 Å². The first-order chi connectivity index (χ1) is 11.8. The number of aromatic nitrogens is 2. The van der Waals surface area contributed by atoms with Crippen LogP contribution in [0.4, 0.5) is 4.39 Å². The van der Waals surface area contributed by atoms with E-state index in [0.29, 0.717) is 13.3 Å². The molecule has 2 atom stereocenters. The minimum absolute atomic E-state index is 0.0261. The van der Waals surface area contributed by atoms with E-state index in [1.807, 2.05) is 10.9 Å². The highest BCUT2D eigenvalue weighted by molar-refractivity contribution is 6.76. The van der Waals surface area contributed by atoms with Crippen LogP contribution in [0.1, 0.15) is 23.5 Å². The van der Waals surface area contributed by atoms with Crippen LogP contribution in [0.15, 0.2) is 18.3 Å². The third-order valence-electron chi connectivity index (χ3n) is 5.05. The van der Waals surface area contributed by atoms with Gasteiger partial charge in [-0.15, -0.1) is 0 Å². The lowest BCUT2D eigenvalue weighted by Crippen LogP contribution is -2.36. The van der Waals surface area contributed by atoms with E-state index in [1.165, 1.54) is 0 Å². The molecular formula is C19H30FN3OSi. The van der Waals surface area contributed by atoms with Crippen LogP contribution in [-0.4, -0.2) is 43.7 Å². The predicted octanol–water partition coefficient (Wildman–Crippen LogP) is 4.07. The fraction of sp³-hybridized carbons (Fsp3) is 0.632. The summed E-state index contributed by atoms with van der Waals surface area (Å²) in [5, 5.41) is 8.70. The molecule has 0 amide bonds. The minimum atomic E-state index is -1.08. The lowest BCUT2D eigenvalue weighted by molar-refractivity contribution is 0.0817. The number of alkyl halides is 1. The van der Waals surface area contributed by atoms with E-state index >= 15 is 0 Å². The highest BCUT2D eigenvalue weighted by Crippen LogP contribution is 2.32. The van der Waals surface area contributed by atoms with Gasteiger partial charge in [0, 0.05) is 32.5 Å². The van der Waals surface area contributed by atoms with Crippen LogP contribution in [0.25, 0.3) is 10.9 Å². The zero-order valence-corrected chi connectivity index (χ0v) is 16.8. The van der Waals surface area contributed by atoms with Crippen LogP contribution in [0.2, 0.25) is 25.7 Å². The van der Waals surface area contributed by atoms with Crippen molar-refractivity contribution in [2.24, 2.45) is 0 Å². The van der Waals surface area contributed by atoms with Crippen molar-refractivity contribution in [2.45, 2.75) is 57.9 Å². The maximum Gasteiger partial charge on any atom is 0.139 e. The molecule has 2 aromatic rings. The van der Waals surface area contributed by atoms with Crippen molar-refractivity contribution >= 4 is 19.0 Å². The molecule has 1 aliphatic rings. The summed E-state index contributed by atoms with van der Waals surface area (Å²) in [6.07, 6.45) is 1.90. The first kappa shape index (κ1) is 18.5. The molecule has 2 heterocycles. The van der Waals surface area contributed by atoms with E-state index in [-0.39, 0.29) is 5.92 Å². The molecule has 1 N–H and O–H groups in total. The average molecular weight is 364 g/mol. The lowest BCUT2D eigenvalue weighted by Gasteiger charge is -2.28. The van der Waals surface area contributed by atoms with Crippen LogP contribution < -0.4 is 5.32 Å². The number of piperidine rings is 1. The third kappa shape index (κ3) is 4.48.